The van der Waals surface area contributed by atoms with Gasteiger partial charge in [-0.05, 0) is 86.6 Å². The molecule has 4 aliphatic carbocycles. The number of H-pyrrole nitrogens is 1. The summed E-state index contributed by atoms with van der Waals surface area (Å²) in [5.74, 6) is 2.64. The zero-order valence-electron chi connectivity index (χ0n) is 18.5. The molecule has 1 aromatic heterocycles. The highest BCUT2D eigenvalue weighted by Crippen LogP contribution is 2.55. The fraction of sp³-hybridized carbons (Fsp3) is 0.423. The number of carbonyl (C=O) groups is 2. The smallest absolute Gasteiger partial charge is 0.256 e. The summed E-state index contributed by atoms with van der Waals surface area (Å²) in [6.45, 7) is 0. The Balaban J connectivity index is 1.11. The van der Waals surface area contributed by atoms with Crippen molar-refractivity contribution in [3.63, 3.8) is 0 Å². The molecular formula is C26H28N4O2S. The Morgan fingerprint density at radius 3 is 2.52 bits per heavy atom. The first-order valence-electron chi connectivity index (χ1n) is 11.8. The van der Waals surface area contributed by atoms with Crippen LogP contribution < -0.4 is 10.6 Å². The van der Waals surface area contributed by atoms with Crippen molar-refractivity contribution >= 4 is 40.2 Å². The van der Waals surface area contributed by atoms with Crippen LogP contribution in [0, 0.1) is 17.8 Å². The average Bonchev–Trinajstić information content (AvgIpc) is 3.24. The van der Waals surface area contributed by atoms with E-state index in [2.05, 4.69) is 20.8 Å². The Hall–Kier alpha value is -2.80. The molecule has 2 aromatic carbocycles. The number of aromatic nitrogens is 2. The highest BCUT2D eigenvalue weighted by Gasteiger charge is 2.51. The number of rotatable bonds is 6. The third-order valence-electron chi connectivity index (χ3n) is 7.63. The molecule has 7 rings (SSSR count). The quantitative estimate of drug-likeness (QED) is 0.452. The summed E-state index contributed by atoms with van der Waals surface area (Å²) >= 11 is 1.44. The zero-order valence-corrected chi connectivity index (χ0v) is 19.3. The van der Waals surface area contributed by atoms with E-state index in [1.54, 1.807) is 6.20 Å². The molecule has 2 amide bonds. The number of anilines is 1. The van der Waals surface area contributed by atoms with Crippen molar-refractivity contribution in [2.75, 3.05) is 11.1 Å². The molecule has 33 heavy (non-hydrogen) atoms. The van der Waals surface area contributed by atoms with Gasteiger partial charge < -0.3 is 10.6 Å². The minimum atomic E-state index is -0.178. The molecule has 4 aliphatic rings. The largest absolute Gasteiger partial charge is 0.350 e. The predicted octanol–water partition coefficient (Wildman–Crippen LogP) is 4.99. The van der Waals surface area contributed by atoms with Gasteiger partial charge in [-0.1, -0.05) is 12.1 Å². The van der Waals surface area contributed by atoms with Gasteiger partial charge in [0.1, 0.15) is 0 Å². The van der Waals surface area contributed by atoms with Crippen LogP contribution in [0.2, 0.25) is 0 Å². The van der Waals surface area contributed by atoms with Crippen LogP contribution in [0.1, 0.15) is 48.9 Å². The maximum absolute atomic E-state index is 13.0. The van der Waals surface area contributed by atoms with Gasteiger partial charge in [-0.15, -0.1) is 11.8 Å². The van der Waals surface area contributed by atoms with Crippen molar-refractivity contribution in [2.24, 2.45) is 17.8 Å². The van der Waals surface area contributed by atoms with Crippen LogP contribution in [0.25, 0.3) is 10.9 Å². The topological polar surface area (TPSA) is 86.9 Å². The van der Waals surface area contributed by atoms with Crippen LogP contribution in [0.4, 0.5) is 5.69 Å². The van der Waals surface area contributed by atoms with Crippen molar-refractivity contribution in [1.29, 1.82) is 0 Å². The first-order chi connectivity index (χ1) is 16.1. The standard InChI is InChI=1S/C26H28N4O2S/c31-24(29-26-11-16-7-17(12-26)9-18(8-16)13-26)15-33-23-4-2-1-3-21(23)25(32)28-20-5-6-22-19(10-20)14-27-30-22/h1-6,10,14,16-18H,7-9,11-13,15H2,(H,27,30)(H,28,32)(H,29,31). The molecule has 1 heterocycles. The third kappa shape index (κ3) is 4.14. The fourth-order valence-corrected chi connectivity index (χ4v) is 7.59. The summed E-state index contributed by atoms with van der Waals surface area (Å²) in [5.41, 5.74) is 2.24. The monoisotopic (exact) mass is 460 g/mol. The summed E-state index contributed by atoms with van der Waals surface area (Å²) in [4.78, 5) is 26.8. The molecular weight excluding hydrogens is 432 g/mol. The van der Waals surface area contributed by atoms with E-state index in [-0.39, 0.29) is 17.4 Å². The zero-order chi connectivity index (χ0) is 22.4. The van der Waals surface area contributed by atoms with E-state index in [4.69, 9.17) is 0 Å². The maximum atomic E-state index is 13.0. The maximum Gasteiger partial charge on any atom is 0.256 e. The summed E-state index contributed by atoms with van der Waals surface area (Å²) < 4.78 is 0. The number of hydrogen-bond donors (Lipinski definition) is 3. The third-order valence-corrected chi connectivity index (χ3v) is 8.70. The first-order valence-corrected chi connectivity index (χ1v) is 12.8. The number of fused-ring (bicyclic) bond motifs is 1. The molecule has 7 heteroatoms. The van der Waals surface area contributed by atoms with Gasteiger partial charge in [0, 0.05) is 21.5 Å². The van der Waals surface area contributed by atoms with E-state index in [0.717, 1.165) is 52.8 Å². The minimum Gasteiger partial charge on any atom is -0.350 e. The number of hydrogen-bond acceptors (Lipinski definition) is 4. The second kappa shape index (κ2) is 8.20. The van der Waals surface area contributed by atoms with Crippen molar-refractivity contribution in [3.05, 3.63) is 54.2 Å². The van der Waals surface area contributed by atoms with Crippen molar-refractivity contribution in [2.45, 2.75) is 49.0 Å². The molecule has 4 saturated carbocycles. The minimum absolute atomic E-state index is 0.0228. The van der Waals surface area contributed by atoms with Gasteiger partial charge in [0.05, 0.1) is 23.0 Å². The Kier molecular flexibility index (Phi) is 5.17. The van der Waals surface area contributed by atoms with E-state index >= 15 is 0 Å². The number of carbonyl (C=O) groups excluding carboxylic acids is 2. The normalized spacial score (nSPS) is 27.6. The number of amides is 2. The molecule has 0 saturated heterocycles. The van der Waals surface area contributed by atoms with Gasteiger partial charge in [0.2, 0.25) is 5.91 Å². The number of thioether (sulfide) groups is 1. The van der Waals surface area contributed by atoms with Crippen molar-refractivity contribution in [3.8, 4) is 0 Å². The van der Waals surface area contributed by atoms with Crippen LogP contribution in [0.3, 0.4) is 0 Å². The van der Waals surface area contributed by atoms with Crippen molar-refractivity contribution in [1.82, 2.24) is 15.5 Å². The van der Waals surface area contributed by atoms with E-state index < -0.39 is 0 Å². The Labute approximate surface area is 197 Å². The SMILES string of the molecule is O=C(CSc1ccccc1C(=O)Nc1ccc2[nH]ncc2c1)NC12CC3CC(CC(C3)C1)C2. The summed E-state index contributed by atoms with van der Waals surface area (Å²) in [6.07, 6.45) is 9.26. The van der Waals surface area contributed by atoms with Crippen LogP contribution in [-0.4, -0.2) is 33.3 Å². The summed E-state index contributed by atoms with van der Waals surface area (Å²) in [6, 6.07) is 13.1. The number of benzene rings is 2. The van der Waals surface area contributed by atoms with Gasteiger partial charge in [0.15, 0.2) is 0 Å². The molecule has 0 aliphatic heterocycles. The van der Waals surface area contributed by atoms with Crippen LogP contribution >= 0.6 is 11.8 Å². The van der Waals surface area contributed by atoms with Crippen LogP contribution in [0.5, 0.6) is 0 Å². The summed E-state index contributed by atoms with van der Waals surface area (Å²) in [7, 11) is 0. The lowest BCUT2D eigenvalue weighted by Gasteiger charge is -2.56. The first kappa shape index (κ1) is 20.8. The van der Waals surface area contributed by atoms with Gasteiger partial charge >= 0.3 is 0 Å². The lowest BCUT2D eigenvalue weighted by atomic mass is 9.53. The molecule has 0 atom stereocenters. The van der Waals surface area contributed by atoms with Gasteiger partial charge in [-0.3, -0.25) is 14.7 Å². The predicted molar refractivity (Wildman–Crippen MR) is 130 cm³/mol. The lowest BCUT2D eigenvalue weighted by Crippen LogP contribution is -2.60. The van der Waals surface area contributed by atoms with Gasteiger partial charge in [-0.2, -0.15) is 5.10 Å². The van der Waals surface area contributed by atoms with E-state index in [9.17, 15) is 9.59 Å². The summed E-state index contributed by atoms with van der Waals surface area (Å²) in [5, 5.41) is 14.3. The molecule has 4 bridgehead atoms. The highest BCUT2D eigenvalue weighted by molar-refractivity contribution is 8.00. The Morgan fingerprint density at radius 1 is 1.03 bits per heavy atom. The van der Waals surface area contributed by atoms with Crippen LogP contribution in [-0.2, 0) is 4.79 Å². The van der Waals surface area contributed by atoms with Gasteiger partial charge in [-0.25, -0.2) is 0 Å². The fourth-order valence-electron chi connectivity index (χ4n) is 6.74. The van der Waals surface area contributed by atoms with Crippen molar-refractivity contribution < 1.29 is 9.59 Å². The Morgan fingerprint density at radius 2 is 1.76 bits per heavy atom. The number of nitrogens with one attached hydrogen (secondary N) is 3. The second-order valence-corrected chi connectivity index (χ2v) is 11.2. The molecule has 0 radical (unpaired) electrons. The van der Waals surface area contributed by atoms with E-state index in [0.29, 0.717) is 17.0 Å². The molecule has 170 valence electrons. The Bertz CT molecular complexity index is 1180. The molecule has 0 spiro atoms. The van der Waals surface area contributed by atoms with Crippen LogP contribution in [0.15, 0.2) is 53.6 Å². The lowest BCUT2D eigenvalue weighted by molar-refractivity contribution is -0.124. The van der Waals surface area contributed by atoms with E-state index in [1.807, 2.05) is 42.5 Å². The second-order valence-electron chi connectivity index (χ2n) is 10.2. The molecule has 6 nitrogen and oxygen atoms in total. The average molecular weight is 461 g/mol. The molecule has 3 aromatic rings. The molecule has 3 N–H and O–H groups in total. The molecule has 4 fully saturated rings. The molecule has 0 unspecified atom stereocenters. The van der Waals surface area contributed by atoms with E-state index in [1.165, 1.54) is 31.0 Å². The highest BCUT2D eigenvalue weighted by atomic mass is 32.2. The number of aromatic amines is 1. The van der Waals surface area contributed by atoms with Gasteiger partial charge in [0.25, 0.3) is 5.91 Å². The number of nitrogens with zero attached hydrogens (tertiary/aromatic N) is 1.